The number of rotatable bonds is 3. The van der Waals surface area contributed by atoms with Gasteiger partial charge in [-0.1, -0.05) is 35.9 Å². The fraction of sp³-hybridized carbons (Fsp3) is 0.200. The van der Waals surface area contributed by atoms with Gasteiger partial charge < -0.3 is 5.73 Å². The minimum Gasteiger partial charge on any atom is -0.326 e. The Morgan fingerprint density at radius 3 is 2.67 bits per heavy atom. The van der Waals surface area contributed by atoms with Gasteiger partial charge in [-0.3, -0.25) is 4.31 Å². The highest BCUT2D eigenvalue weighted by atomic mass is 35.5. The first-order valence-electron chi connectivity index (χ1n) is 6.63. The van der Waals surface area contributed by atoms with E-state index in [4.69, 9.17) is 17.3 Å². The number of benzene rings is 2. The van der Waals surface area contributed by atoms with Crippen molar-refractivity contribution in [3.8, 4) is 0 Å². The first kappa shape index (κ1) is 14.4. The number of hydrogen-bond acceptors (Lipinski definition) is 3. The first-order valence-corrected chi connectivity index (χ1v) is 8.45. The van der Waals surface area contributed by atoms with Gasteiger partial charge in [0.1, 0.15) is 0 Å². The molecule has 0 saturated heterocycles. The summed E-state index contributed by atoms with van der Waals surface area (Å²) in [6, 6.07) is 12.2. The van der Waals surface area contributed by atoms with E-state index >= 15 is 0 Å². The summed E-state index contributed by atoms with van der Waals surface area (Å²) in [5, 5.41) is 0.381. The molecular weight excluding hydrogens is 308 g/mol. The highest BCUT2D eigenvalue weighted by molar-refractivity contribution is 7.92. The van der Waals surface area contributed by atoms with Crippen LogP contribution < -0.4 is 10.0 Å². The minimum absolute atomic E-state index is 0.196. The van der Waals surface area contributed by atoms with Crippen LogP contribution in [0.3, 0.4) is 0 Å². The third-order valence-corrected chi connectivity index (χ3v) is 5.84. The smallest absolute Gasteiger partial charge is 0.264 e. The molecule has 1 heterocycles. The monoisotopic (exact) mass is 322 g/mol. The van der Waals surface area contributed by atoms with E-state index in [-0.39, 0.29) is 11.4 Å². The molecule has 0 aromatic heterocycles. The van der Waals surface area contributed by atoms with Crippen molar-refractivity contribution in [1.82, 2.24) is 0 Å². The van der Waals surface area contributed by atoms with E-state index in [0.717, 1.165) is 23.2 Å². The van der Waals surface area contributed by atoms with Gasteiger partial charge in [-0.05, 0) is 35.7 Å². The number of nitrogens with zero attached hydrogens (tertiary/aromatic N) is 1. The van der Waals surface area contributed by atoms with Crippen molar-refractivity contribution >= 4 is 27.3 Å². The van der Waals surface area contributed by atoms with Crippen LogP contribution in [0.5, 0.6) is 0 Å². The fourth-order valence-electron chi connectivity index (χ4n) is 2.54. The number of anilines is 1. The highest BCUT2D eigenvalue weighted by Gasteiger charge is 2.30. The molecular formula is C15H15ClN2O2S. The van der Waals surface area contributed by atoms with Crippen LogP contribution in [0, 0.1) is 0 Å². The van der Waals surface area contributed by atoms with E-state index in [1.54, 1.807) is 12.1 Å². The summed E-state index contributed by atoms with van der Waals surface area (Å²) in [5.74, 6) is 0. The molecule has 0 aliphatic carbocycles. The molecule has 1 aliphatic rings. The Hall–Kier alpha value is -1.56. The molecule has 0 atom stereocenters. The number of halogens is 1. The van der Waals surface area contributed by atoms with Crippen molar-refractivity contribution in [2.45, 2.75) is 17.9 Å². The summed E-state index contributed by atoms with van der Waals surface area (Å²) in [6.45, 7) is 0.740. The molecule has 110 valence electrons. The van der Waals surface area contributed by atoms with Crippen molar-refractivity contribution in [1.29, 1.82) is 0 Å². The van der Waals surface area contributed by atoms with Crippen molar-refractivity contribution in [2.75, 3.05) is 10.8 Å². The molecule has 2 N–H and O–H groups in total. The number of hydrogen-bond donors (Lipinski definition) is 1. The second kappa shape index (κ2) is 5.33. The quantitative estimate of drug-likeness (QED) is 0.944. The molecule has 2 aromatic rings. The average molecular weight is 323 g/mol. The predicted molar refractivity (Wildman–Crippen MR) is 84.0 cm³/mol. The van der Waals surface area contributed by atoms with Crippen LogP contribution in [0.25, 0.3) is 0 Å². The lowest BCUT2D eigenvalue weighted by Gasteiger charge is -2.20. The Morgan fingerprint density at radius 2 is 1.95 bits per heavy atom. The van der Waals surface area contributed by atoms with Gasteiger partial charge in [-0.25, -0.2) is 8.42 Å². The van der Waals surface area contributed by atoms with E-state index in [1.807, 2.05) is 24.3 Å². The summed E-state index contributed by atoms with van der Waals surface area (Å²) in [6.07, 6.45) is 0.726. The number of para-hydroxylation sites is 1. The minimum atomic E-state index is -3.59. The van der Waals surface area contributed by atoms with Gasteiger partial charge in [0.25, 0.3) is 10.0 Å². The van der Waals surface area contributed by atoms with Crippen LogP contribution in [0.1, 0.15) is 11.1 Å². The third kappa shape index (κ3) is 2.41. The van der Waals surface area contributed by atoms with E-state index in [9.17, 15) is 8.42 Å². The number of fused-ring (bicyclic) bond motifs is 1. The molecule has 2 aromatic carbocycles. The van der Waals surface area contributed by atoms with Crippen LogP contribution in [-0.2, 0) is 23.0 Å². The lowest BCUT2D eigenvalue weighted by molar-refractivity contribution is 0.592. The van der Waals surface area contributed by atoms with Crippen LogP contribution in [0.15, 0.2) is 47.4 Å². The first-order chi connectivity index (χ1) is 10.0. The van der Waals surface area contributed by atoms with E-state index in [2.05, 4.69) is 0 Å². The third-order valence-electron chi connectivity index (χ3n) is 3.68. The van der Waals surface area contributed by atoms with Gasteiger partial charge in [-0.2, -0.15) is 0 Å². The topological polar surface area (TPSA) is 63.4 Å². The molecule has 0 spiro atoms. The van der Waals surface area contributed by atoms with Crippen molar-refractivity contribution < 1.29 is 8.42 Å². The zero-order chi connectivity index (χ0) is 15.0. The second-order valence-electron chi connectivity index (χ2n) is 4.91. The van der Waals surface area contributed by atoms with Gasteiger partial charge in [0.15, 0.2) is 0 Å². The van der Waals surface area contributed by atoms with Crippen molar-refractivity contribution in [2.24, 2.45) is 5.73 Å². The molecule has 1 aliphatic heterocycles. The molecule has 0 amide bonds. The number of sulfonamides is 1. The second-order valence-corrected chi connectivity index (χ2v) is 7.18. The van der Waals surface area contributed by atoms with Gasteiger partial charge in [0.2, 0.25) is 0 Å². The van der Waals surface area contributed by atoms with Crippen LogP contribution in [-0.4, -0.2) is 15.0 Å². The summed E-state index contributed by atoms with van der Waals surface area (Å²) in [4.78, 5) is 0.196. The number of nitrogens with two attached hydrogens (primary N) is 1. The highest BCUT2D eigenvalue weighted by Crippen LogP contribution is 2.33. The standard InChI is InChI=1S/C15H15ClN2O2S/c16-14-9-13(6-5-12(14)10-17)21(19,20)18-8-7-11-3-1-2-4-15(11)18/h1-6,9H,7-8,10,17H2. The van der Waals surface area contributed by atoms with Crippen LogP contribution in [0.2, 0.25) is 5.02 Å². The maximum absolute atomic E-state index is 12.8. The van der Waals surface area contributed by atoms with Crippen molar-refractivity contribution in [3.05, 3.63) is 58.6 Å². The lowest BCUT2D eigenvalue weighted by atomic mass is 10.2. The largest absolute Gasteiger partial charge is 0.326 e. The lowest BCUT2D eigenvalue weighted by Crippen LogP contribution is -2.29. The Morgan fingerprint density at radius 1 is 1.19 bits per heavy atom. The SMILES string of the molecule is NCc1ccc(S(=O)(=O)N2CCc3ccccc32)cc1Cl. The van der Waals surface area contributed by atoms with E-state index in [1.165, 1.54) is 10.4 Å². The molecule has 0 fully saturated rings. The molecule has 21 heavy (non-hydrogen) atoms. The van der Waals surface area contributed by atoms with Gasteiger partial charge in [0.05, 0.1) is 10.6 Å². The summed E-state index contributed by atoms with van der Waals surface area (Å²) in [7, 11) is -3.59. The Bertz CT molecular complexity index is 790. The summed E-state index contributed by atoms with van der Waals surface area (Å²) < 4.78 is 27.0. The van der Waals surface area contributed by atoms with Crippen molar-refractivity contribution in [3.63, 3.8) is 0 Å². The molecule has 0 unspecified atom stereocenters. The van der Waals surface area contributed by atoms with Crippen LogP contribution in [0.4, 0.5) is 5.69 Å². The molecule has 0 bridgehead atoms. The maximum atomic E-state index is 12.8. The fourth-order valence-corrected chi connectivity index (χ4v) is 4.39. The zero-order valence-corrected chi connectivity index (χ0v) is 12.9. The maximum Gasteiger partial charge on any atom is 0.264 e. The van der Waals surface area contributed by atoms with Gasteiger partial charge >= 0.3 is 0 Å². The predicted octanol–water partition coefficient (Wildman–Crippen LogP) is 2.55. The van der Waals surface area contributed by atoms with Gasteiger partial charge in [-0.15, -0.1) is 0 Å². The van der Waals surface area contributed by atoms with Crippen LogP contribution >= 0.6 is 11.6 Å². The Labute approximate surface area is 129 Å². The average Bonchev–Trinajstić information content (AvgIpc) is 2.91. The molecule has 0 saturated carbocycles. The normalized spacial score (nSPS) is 14.3. The zero-order valence-electron chi connectivity index (χ0n) is 11.3. The van der Waals surface area contributed by atoms with E-state index < -0.39 is 10.0 Å². The molecule has 0 radical (unpaired) electrons. The molecule has 4 nitrogen and oxygen atoms in total. The summed E-state index contributed by atoms with van der Waals surface area (Å²) >= 11 is 6.08. The Kier molecular flexibility index (Phi) is 3.65. The Balaban J connectivity index is 2.04. The van der Waals surface area contributed by atoms with E-state index in [0.29, 0.717) is 11.6 Å². The summed E-state index contributed by atoms with van der Waals surface area (Å²) in [5.41, 5.74) is 8.08. The molecule has 3 rings (SSSR count). The van der Waals surface area contributed by atoms with Gasteiger partial charge in [0, 0.05) is 18.1 Å². The molecule has 6 heteroatoms.